The fraction of sp³-hybridized carbons (Fsp3) is 0.105. The lowest BCUT2D eigenvalue weighted by molar-refractivity contribution is 0.0962. The molecule has 1 amide bonds. The van der Waals surface area contributed by atoms with Gasteiger partial charge in [0.15, 0.2) is 11.6 Å². The highest BCUT2D eigenvalue weighted by atomic mass is 35.5. The molecule has 0 saturated carbocycles. The van der Waals surface area contributed by atoms with E-state index < -0.39 is 5.91 Å². The van der Waals surface area contributed by atoms with Crippen LogP contribution in [0, 0.1) is 13.8 Å². The van der Waals surface area contributed by atoms with Gasteiger partial charge in [-0.15, -0.1) is 0 Å². The molecule has 0 radical (unpaired) electrons. The second kappa shape index (κ2) is 8.33. The van der Waals surface area contributed by atoms with Crippen LogP contribution in [0.2, 0.25) is 10.0 Å². The van der Waals surface area contributed by atoms with E-state index in [1.165, 1.54) is 18.5 Å². The number of nitrogens with one attached hydrogen (secondary N) is 3. The van der Waals surface area contributed by atoms with Crippen LogP contribution >= 0.6 is 23.2 Å². The summed E-state index contributed by atoms with van der Waals surface area (Å²) in [5.74, 6) is 0.218. The van der Waals surface area contributed by atoms with Crippen LogP contribution in [0.3, 0.4) is 0 Å². The maximum absolute atomic E-state index is 12.3. The highest BCUT2D eigenvalue weighted by molar-refractivity contribution is 6.36. The lowest BCUT2D eigenvalue weighted by atomic mass is 10.1. The molecule has 28 heavy (non-hydrogen) atoms. The lowest BCUT2D eigenvalue weighted by Crippen LogP contribution is -2.30. The molecule has 0 atom stereocenters. The summed E-state index contributed by atoms with van der Waals surface area (Å²) >= 11 is 11.9. The minimum atomic E-state index is -0.455. The first kappa shape index (κ1) is 19.7. The smallest absolute Gasteiger partial charge is 0.271 e. The molecule has 1 aromatic heterocycles. The van der Waals surface area contributed by atoms with Gasteiger partial charge in [0.25, 0.3) is 5.91 Å². The minimum Gasteiger partial charge on any atom is -0.393 e. The number of benzene rings is 2. The summed E-state index contributed by atoms with van der Waals surface area (Å²) in [5.41, 5.74) is 14.9. The van der Waals surface area contributed by atoms with Gasteiger partial charge in [0.2, 0.25) is 0 Å². The molecular weight excluding hydrogens is 399 g/mol. The van der Waals surface area contributed by atoms with E-state index in [-0.39, 0.29) is 22.1 Å². The maximum Gasteiger partial charge on any atom is 0.271 e. The molecule has 0 aliphatic carbocycles. The van der Waals surface area contributed by atoms with Crippen molar-refractivity contribution < 1.29 is 4.79 Å². The molecule has 0 aliphatic rings. The Balaban J connectivity index is 1.76. The van der Waals surface area contributed by atoms with Gasteiger partial charge in [0, 0.05) is 10.7 Å². The molecule has 0 spiro atoms. The molecule has 9 heteroatoms. The Kier molecular flexibility index (Phi) is 5.87. The second-order valence-corrected chi connectivity index (χ2v) is 6.97. The molecule has 7 nitrogen and oxygen atoms in total. The Morgan fingerprint density at radius 3 is 2.54 bits per heavy atom. The molecule has 0 fully saturated rings. The number of aryl methyl sites for hydroxylation is 2. The fourth-order valence-electron chi connectivity index (χ4n) is 2.45. The number of hydrogen-bond acceptors (Lipinski definition) is 6. The largest absolute Gasteiger partial charge is 0.393 e. The van der Waals surface area contributed by atoms with Crippen molar-refractivity contribution in [3.8, 4) is 0 Å². The van der Waals surface area contributed by atoms with E-state index >= 15 is 0 Å². The van der Waals surface area contributed by atoms with Crippen molar-refractivity contribution in [2.24, 2.45) is 0 Å². The molecule has 0 bridgehead atoms. The van der Waals surface area contributed by atoms with E-state index in [4.69, 9.17) is 28.9 Å². The van der Waals surface area contributed by atoms with E-state index in [1.54, 1.807) is 6.07 Å². The quantitative estimate of drug-likeness (QED) is 0.456. The SMILES string of the molecule is Cc1ccc(C)c(Nc2ncnc(NNC(=O)c3ccc(Cl)cc3Cl)c2N)c1. The third-order valence-electron chi connectivity index (χ3n) is 4.00. The Morgan fingerprint density at radius 2 is 1.79 bits per heavy atom. The Labute approximate surface area is 172 Å². The van der Waals surface area contributed by atoms with E-state index in [9.17, 15) is 4.79 Å². The molecule has 0 unspecified atom stereocenters. The summed E-state index contributed by atoms with van der Waals surface area (Å²) < 4.78 is 0. The number of nitrogen functional groups attached to an aromatic ring is 1. The molecule has 3 rings (SSSR count). The van der Waals surface area contributed by atoms with Crippen LogP contribution in [0.4, 0.5) is 23.0 Å². The second-order valence-electron chi connectivity index (χ2n) is 6.13. The average Bonchev–Trinajstić information content (AvgIpc) is 2.65. The molecule has 0 aliphatic heterocycles. The summed E-state index contributed by atoms with van der Waals surface area (Å²) in [4.78, 5) is 20.6. The lowest BCUT2D eigenvalue weighted by Gasteiger charge is -2.15. The van der Waals surface area contributed by atoms with Gasteiger partial charge in [0.1, 0.15) is 12.0 Å². The van der Waals surface area contributed by atoms with Crippen molar-refractivity contribution in [3.63, 3.8) is 0 Å². The number of nitrogens with zero attached hydrogens (tertiary/aromatic N) is 2. The van der Waals surface area contributed by atoms with Crippen molar-refractivity contribution >= 4 is 52.1 Å². The topological polar surface area (TPSA) is 105 Å². The molecule has 1 heterocycles. The van der Waals surface area contributed by atoms with Crippen molar-refractivity contribution in [2.75, 3.05) is 16.5 Å². The first-order chi connectivity index (χ1) is 13.3. The van der Waals surface area contributed by atoms with Gasteiger partial charge in [0.05, 0.1) is 10.6 Å². The highest BCUT2D eigenvalue weighted by Crippen LogP contribution is 2.27. The van der Waals surface area contributed by atoms with Crippen molar-refractivity contribution in [1.29, 1.82) is 0 Å². The first-order valence-electron chi connectivity index (χ1n) is 8.31. The summed E-state index contributed by atoms with van der Waals surface area (Å²) in [5, 5.41) is 3.87. The van der Waals surface area contributed by atoms with Crippen LogP contribution in [-0.2, 0) is 0 Å². The number of aromatic nitrogens is 2. The number of rotatable bonds is 5. The molecule has 3 aromatic rings. The number of amides is 1. The van der Waals surface area contributed by atoms with E-state index in [0.29, 0.717) is 10.8 Å². The number of halogens is 2. The summed E-state index contributed by atoms with van der Waals surface area (Å²) in [7, 11) is 0. The van der Waals surface area contributed by atoms with Gasteiger partial charge < -0.3 is 11.1 Å². The third-order valence-corrected chi connectivity index (χ3v) is 4.55. The van der Waals surface area contributed by atoms with Gasteiger partial charge >= 0.3 is 0 Å². The van der Waals surface area contributed by atoms with Gasteiger partial charge in [-0.05, 0) is 49.2 Å². The minimum absolute atomic E-state index is 0.236. The van der Waals surface area contributed by atoms with E-state index in [2.05, 4.69) is 26.1 Å². The highest BCUT2D eigenvalue weighted by Gasteiger charge is 2.13. The standard InChI is InChI=1S/C19H18Cl2N6O/c1-10-3-4-11(2)15(7-10)25-17-16(22)18(24-9-23-17)26-27-19(28)13-6-5-12(20)8-14(13)21/h3-9H,22H2,1-2H3,(H,27,28)(H2,23,24,25,26). The Bertz CT molecular complexity index is 1040. The van der Waals surface area contributed by atoms with Crippen molar-refractivity contribution in [2.45, 2.75) is 13.8 Å². The van der Waals surface area contributed by atoms with E-state index in [1.807, 2.05) is 32.0 Å². The van der Waals surface area contributed by atoms with Gasteiger partial charge in [-0.2, -0.15) is 0 Å². The van der Waals surface area contributed by atoms with Gasteiger partial charge in [-0.25, -0.2) is 9.97 Å². The normalized spacial score (nSPS) is 10.4. The summed E-state index contributed by atoms with van der Waals surface area (Å²) in [6, 6.07) is 10.6. The molecule has 2 aromatic carbocycles. The van der Waals surface area contributed by atoms with Crippen LogP contribution in [0.25, 0.3) is 0 Å². The average molecular weight is 417 g/mol. The predicted octanol–water partition coefficient (Wildman–Crippen LogP) is 4.48. The van der Waals surface area contributed by atoms with Gasteiger partial charge in [-0.1, -0.05) is 35.3 Å². The number of hydrogen-bond donors (Lipinski definition) is 4. The van der Waals surface area contributed by atoms with Crippen molar-refractivity contribution in [3.05, 3.63) is 69.5 Å². The molecule has 144 valence electrons. The predicted molar refractivity (Wildman–Crippen MR) is 113 cm³/mol. The zero-order valence-electron chi connectivity index (χ0n) is 15.2. The van der Waals surface area contributed by atoms with Crippen LogP contribution in [0.15, 0.2) is 42.7 Å². The fourth-order valence-corrected chi connectivity index (χ4v) is 2.94. The summed E-state index contributed by atoms with van der Waals surface area (Å²) in [6.07, 6.45) is 1.34. The van der Waals surface area contributed by atoms with Crippen LogP contribution in [-0.4, -0.2) is 15.9 Å². The number of carbonyl (C=O) groups is 1. The van der Waals surface area contributed by atoms with Crippen LogP contribution in [0.1, 0.15) is 21.5 Å². The van der Waals surface area contributed by atoms with E-state index in [0.717, 1.165) is 16.8 Å². The molecule has 5 N–H and O–H groups in total. The number of anilines is 4. The van der Waals surface area contributed by atoms with Gasteiger partial charge in [-0.3, -0.25) is 15.6 Å². The van der Waals surface area contributed by atoms with Crippen LogP contribution in [0.5, 0.6) is 0 Å². The zero-order valence-corrected chi connectivity index (χ0v) is 16.7. The first-order valence-corrected chi connectivity index (χ1v) is 9.07. The summed E-state index contributed by atoms with van der Waals surface area (Å²) in [6.45, 7) is 3.98. The van der Waals surface area contributed by atoms with Crippen molar-refractivity contribution in [1.82, 2.24) is 15.4 Å². The Hall–Kier alpha value is -3.03. The van der Waals surface area contributed by atoms with Crippen LogP contribution < -0.4 is 21.9 Å². The third kappa shape index (κ3) is 4.44. The number of carbonyl (C=O) groups excluding carboxylic acids is 1. The maximum atomic E-state index is 12.3. The molecular formula is C19H18Cl2N6O. The monoisotopic (exact) mass is 416 g/mol. The number of hydrazine groups is 1. The molecule has 0 saturated heterocycles. The number of nitrogens with two attached hydrogens (primary N) is 1. The zero-order chi connectivity index (χ0) is 20.3. The Morgan fingerprint density at radius 1 is 1.04 bits per heavy atom.